The van der Waals surface area contributed by atoms with Crippen LogP contribution in [-0.4, -0.2) is 54.5 Å². The highest BCUT2D eigenvalue weighted by molar-refractivity contribution is 7.47. The molecule has 0 radical (unpaired) electrons. The summed E-state index contributed by atoms with van der Waals surface area (Å²) in [5, 5.41) is 9.55. The van der Waals surface area contributed by atoms with E-state index in [4.69, 9.17) is 24.3 Å². The predicted molar refractivity (Wildman–Crippen MR) is 220 cm³/mol. The molecule has 0 aliphatic carbocycles. The normalized spacial score (nSPS) is 14.8. The van der Waals surface area contributed by atoms with E-state index in [1.807, 2.05) is 19.1 Å². The molecule has 0 bridgehead atoms. The fourth-order valence-electron chi connectivity index (χ4n) is 5.15. The number of hydrogen-bond acceptors (Lipinski definition) is 8. The standard InChI is InChI=1S/C43H76NO8P/c1-3-5-6-7-8-9-10-11-12-15-18-21-24-27-30-33-37-49-39-42(40-51-53(47,48)50-38-36-44)52-43(46)35-32-29-26-23-20-17-14-13-16-19-22-25-28-31-34-41(45)4-2/h14,16-17,19,23-28,33,37,41-42,45H,3-13,15,18,20-22,29-32,34-36,38-40,44H2,1-2H3,(H,47,48). The van der Waals surface area contributed by atoms with Gasteiger partial charge in [-0.05, 0) is 76.7 Å². The summed E-state index contributed by atoms with van der Waals surface area (Å²) in [6, 6.07) is 0. The van der Waals surface area contributed by atoms with Gasteiger partial charge in [0, 0.05) is 13.0 Å². The highest BCUT2D eigenvalue weighted by atomic mass is 31.2. The lowest BCUT2D eigenvalue weighted by atomic mass is 10.1. The summed E-state index contributed by atoms with van der Waals surface area (Å²) in [5.74, 6) is -0.430. The van der Waals surface area contributed by atoms with Gasteiger partial charge < -0.3 is 25.2 Å². The van der Waals surface area contributed by atoms with Crippen LogP contribution >= 0.6 is 7.82 Å². The van der Waals surface area contributed by atoms with Crippen molar-refractivity contribution in [1.29, 1.82) is 0 Å². The van der Waals surface area contributed by atoms with Crippen molar-refractivity contribution in [2.24, 2.45) is 5.73 Å². The molecule has 0 saturated carbocycles. The Morgan fingerprint density at radius 1 is 0.660 bits per heavy atom. The van der Waals surface area contributed by atoms with Crippen molar-refractivity contribution in [2.75, 3.05) is 26.4 Å². The first-order valence-corrected chi connectivity index (χ1v) is 22.0. The largest absolute Gasteiger partial charge is 0.498 e. The zero-order chi connectivity index (χ0) is 38.9. The van der Waals surface area contributed by atoms with Crippen LogP contribution in [0.3, 0.4) is 0 Å². The van der Waals surface area contributed by atoms with Gasteiger partial charge in [-0.2, -0.15) is 0 Å². The molecule has 0 amide bonds. The summed E-state index contributed by atoms with van der Waals surface area (Å²) < 4.78 is 33.0. The van der Waals surface area contributed by atoms with Crippen LogP contribution < -0.4 is 5.73 Å². The van der Waals surface area contributed by atoms with Crippen molar-refractivity contribution in [3.63, 3.8) is 0 Å². The molecule has 0 spiro atoms. The van der Waals surface area contributed by atoms with Gasteiger partial charge in [0.2, 0.25) is 0 Å². The molecule has 306 valence electrons. The molecule has 0 saturated heterocycles. The van der Waals surface area contributed by atoms with E-state index >= 15 is 0 Å². The van der Waals surface area contributed by atoms with Gasteiger partial charge in [0.25, 0.3) is 0 Å². The third-order valence-electron chi connectivity index (χ3n) is 8.35. The molecule has 4 N–H and O–H groups in total. The number of rotatable bonds is 38. The molecule has 0 rings (SSSR count). The number of hydrogen-bond donors (Lipinski definition) is 3. The minimum absolute atomic E-state index is 0.0240. The van der Waals surface area contributed by atoms with Crippen LogP contribution in [0, 0.1) is 0 Å². The number of nitrogens with two attached hydrogens (primary N) is 1. The summed E-state index contributed by atoms with van der Waals surface area (Å²) in [4.78, 5) is 22.4. The first kappa shape index (κ1) is 50.7. The first-order chi connectivity index (χ1) is 25.8. The zero-order valence-corrected chi connectivity index (χ0v) is 34.2. The molecule has 0 aliphatic rings. The summed E-state index contributed by atoms with van der Waals surface area (Å²) in [5.41, 5.74) is 5.35. The molecule has 0 aliphatic heterocycles. The number of carbonyl (C=O) groups excluding carboxylic acids is 1. The highest BCUT2D eigenvalue weighted by Gasteiger charge is 2.25. The number of aliphatic hydroxyl groups is 1. The molecule has 3 unspecified atom stereocenters. The van der Waals surface area contributed by atoms with Crippen molar-refractivity contribution in [3.8, 4) is 0 Å². The molecule has 0 aromatic heterocycles. The van der Waals surface area contributed by atoms with Gasteiger partial charge in [0.05, 0.1) is 25.6 Å². The third kappa shape index (κ3) is 39.3. The average molecular weight is 766 g/mol. The Bertz CT molecular complexity index is 1050. The number of aliphatic hydroxyl groups excluding tert-OH is 1. The maximum Gasteiger partial charge on any atom is 0.472 e. The molecule has 9 nitrogen and oxygen atoms in total. The number of esters is 1. The molecule has 0 fully saturated rings. The minimum atomic E-state index is -4.32. The third-order valence-corrected chi connectivity index (χ3v) is 9.34. The molecule has 10 heteroatoms. The van der Waals surface area contributed by atoms with Crippen LogP contribution in [0.2, 0.25) is 0 Å². The van der Waals surface area contributed by atoms with Crippen LogP contribution in [0.15, 0.2) is 73.1 Å². The van der Waals surface area contributed by atoms with Gasteiger partial charge in [-0.25, -0.2) is 4.57 Å². The summed E-state index contributed by atoms with van der Waals surface area (Å²) >= 11 is 0. The fourth-order valence-corrected chi connectivity index (χ4v) is 5.92. The van der Waals surface area contributed by atoms with Crippen molar-refractivity contribution < 1.29 is 37.9 Å². The Balaban J connectivity index is 4.29. The molecular weight excluding hydrogens is 689 g/mol. The minimum Gasteiger partial charge on any atom is -0.498 e. The van der Waals surface area contributed by atoms with Gasteiger partial charge >= 0.3 is 13.8 Å². The molecular formula is C43H76NO8P. The van der Waals surface area contributed by atoms with Crippen LogP contribution in [0.1, 0.15) is 155 Å². The van der Waals surface area contributed by atoms with Gasteiger partial charge in [-0.15, -0.1) is 0 Å². The topological polar surface area (TPSA) is 138 Å². The van der Waals surface area contributed by atoms with E-state index in [9.17, 15) is 19.4 Å². The maximum atomic E-state index is 12.5. The molecule has 3 atom stereocenters. The number of phosphoric ester groups is 1. The van der Waals surface area contributed by atoms with Gasteiger partial charge in [0.1, 0.15) is 6.61 Å². The Kier molecular flexibility index (Phi) is 37.8. The van der Waals surface area contributed by atoms with Crippen LogP contribution in [0.25, 0.3) is 0 Å². The molecule has 0 aromatic carbocycles. The second kappa shape index (κ2) is 39.4. The molecule has 0 heterocycles. The van der Waals surface area contributed by atoms with Crippen molar-refractivity contribution in [2.45, 2.75) is 167 Å². The number of allylic oxidation sites excluding steroid dienone is 11. The summed E-state index contributed by atoms with van der Waals surface area (Å²) in [7, 11) is -4.32. The van der Waals surface area contributed by atoms with E-state index in [2.05, 4.69) is 61.6 Å². The van der Waals surface area contributed by atoms with E-state index in [0.29, 0.717) is 6.42 Å². The SMILES string of the molecule is CCCCCCCCCCCCCC=CCC=COCC(COP(=O)(O)OCCN)OC(=O)CCCC=CCC=CCC=CCC=CCCC(O)CC. The number of carbonyl (C=O) groups is 1. The maximum absolute atomic E-state index is 12.5. The quantitative estimate of drug-likeness (QED) is 0.0184. The van der Waals surface area contributed by atoms with Crippen molar-refractivity contribution in [3.05, 3.63) is 73.1 Å². The number of ether oxygens (including phenoxy) is 2. The monoisotopic (exact) mass is 766 g/mol. The average Bonchev–Trinajstić information content (AvgIpc) is 3.15. The number of unbranched alkanes of at least 4 members (excludes halogenated alkanes) is 12. The molecule has 0 aromatic rings. The van der Waals surface area contributed by atoms with E-state index in [0.717, 1.165) is 57.8 Å². The summed E-state index contributed by atoms with van der Waals surface area (Å²) in [6.07, 6.45) is 46.8. The number of phosphoric acid groups is 1. The van der Waals surface area contributed by atoms with Gasteiger partial charge in [-0.1, -0.05) is 139 Å². The van der Waals surface area contributed by atoms with E-state index in [-0.39, 0.29) is 38.9 Å². The zero-order valence-electron chi connectivity index (χ0n) is 33.3. The smallest absolute Gasteiger partial charge is 0.472 e. The van der Waals surface area contributed by atoms with Crippen molar-refractivity contribution in [1.82, 2.24) is 0 Å². The fraction of sp³-hybridized carbons (Fsp3) is 0.698. The Morgan fingerprint density at radius 2 is 1.17 bits per heavy atom. The first-order valence-electron chi connectivity index (χ1n) is 20.6. The van der Waals surface area contributed by atoms with Crippen LogP contribution in [0.5, 0.6) is 0 Å². The summed E-state index contributed by atoms with van der Waals surface area (Å²) in [6.45, 7) is 3.82. The van der Waals surface area contributed by atoms with E-state index in [1.165, 1.54) is 70.6 Å². The lowest BCUT2D eigenvalue weighted by molar-refractivity contribution is -0.153. The van der Waals surface area contributed by atoms with E-state index < -0.39 is 19.9 Å². The lowest BCUT2D eigenvalue weighted by Gasteiger charge is -2.19. The Hall–Kier alpha value is -2.26. The van der Waals surface area contributed by atoms with Gasteiger partial charge in [-0.3, -0.25) is 13.8 Å². The van der Waals surface area contributed by atoms with Crippen LogP contribution in [-0.2, 0) is 27.9 Å². The van der Waals surface area contributed by atoms with E-state index in [1.54, 1.807) is 6.26 Å². The Morgan fingerprint density at radius 3 is 1.74 bits per heavy atom. The second-order valence-corrected chi connectivity index (χ2v) is 14.8. The van der Waals surface area contributed by atoms with Gasteiger partial charge in [0.15, 0.2) is 6.10 Å². The Labute approximate surface area is 323 Å². The lowest BCUT2D eigenvalue weighted by Crippen LogP contribution is -2.27. The highest BCUT2D eigenvalue weighted by Crippen LogP contribution is 2.43. The van der Waals surface area contributed by atoms with Crippen LogP contribution in [0.4, 0.5) is 0 Å². The second-order valence-electron chi connectivity index (χ2n) is 13.4. The van der Waals surface area contributed by atoms with Crippen molar-refractivity contribution >= 4 is 13.8 Å². The predicted octanol–water partition coefficient (Wildman–Crippen LogP) is 11.3. The molecule has 53 heavy (non-hydrogen) atoms.